The number of nitrogens with zero attached hydrogens (tertiary/aromatic N) is 2. The standard InChI is InChI=1S/C13H19N3O5S/c1-9-6-10-8-15(12(18)16(10)7-9)5-4-13(2,11(17)14-19)22(3,20)21/h6-7,19H,4-5,8H2,1-3H3,(H,14,17)/t13-/m1/s1. The molecule has 2 amide bonds. The molecule has 0 saturated heterocycles. The van der Waals surface area contributed by atoms with Crippen LogP contribution in [-0.2, 0) is 21.2 Å². The van der Waals surface area contributed by atoms with Crippen LogP contribution < -0.4 is 5.48 Å². The summed E-state index contributed by atoms with van der Waals surface area (Å²) in [6, 6.07) is 1.64. The van der Waals surface area contributed by atoms with Crippen molar-refractivity contribution in [2.24, 2.45) is 0 Å². The number of hydrogen-bond donors (Lipinski definition) is 2. The summed E-state index contributed by atoms with van der Waals surface area (Å²) < 4.78 is 23.5. The van der Waals surface area contributed by atoms with Crippen LogP contribution in [0.25, 0.3) is 0 Å². The van der Waals surface area contributed by atoms with Gasteiger partial charge in [-0.25, -0.2) is 18.7 Å². The van der Waals surface area contributed by atoms with Crippen LogP contribution in [0.3, 0.4) is 0 Å². The van der Waals surface area contributed by atoms with E-state index >= 15 is 0 Å². The number of amides is 2. The number of carbonyl (C=O) groups is 2. The molecule has 0 radical (unpaired) electrons. The Kier molecular flexibility index (Phi) is 4.05. The van der Waals surface area contributed by atoms with Crippen molar-refractivity contribution in [2.45, 2.75) is 31.6 Å². The van der Waals surface area contributed by atoms with Gasteiger partial charge < -0.3 is 4.90 Å². The molecule has 2 heterocycles. The topological polar surface area (TPSA) is 109 Å². The zero-order valence-electron chi connectivity index (χ0n) is 12.7. The highest BCUT2D eigenvalue weighted by molar-refractivity contribution is 7.92. The quantitative estimate of drug-likeness (QED) is 0.596. The van der Waals surface area contributed by atoms with Gasteiger partial charge in [-0.15, -0.1) is 0 Å². The van der Waals surface area contributed by atoms with Crippen molar-refractivity contribution in [3.05, 3.63) is 23.5 Å². The van der Waals surface area contributed by atoms with Gasteiger partial charge in [-0.2, -0.15) is 0 Å². The third-order valence-corrected chi connectivity index (χ3v) is 6.15. The number of hydrogen-bond acceptors (Lipinski definition) is 5. The Balaban J connectivity index is 2.14. The van der Waals surface area contributed by atoms with Crippen LogP contribution in [-0.4, -0.2) is 52.6 Å². The van der Waals surface area contributed by atoms with Crippen molar-refractivity contribution in [1.82, 2.24) is 14.9 Å². The Morgan fingerprint density at radius 3 is 2.64 bits per heavy atom. The van der Waals surface area contributed by atoms with E-state index in [1.165, 1.54) is 21.9 Å². The first-order valence-electron chi connectivity index (χ1n) is 6.71. The van der Waals surface area contributed by atoms with Crippen molar-refractivity contribution < 1.29 is 23.2 Å². The van der Waals surface area contributed by atoms with E-state index in [2.05, 4.69) is 0 Å². The summed E-state index contributed by atoms with van der Waals surface area (Å²) in [5.74, 6) is -1.00. The summed E-state index contributed by atoms with van der Waals surface area (Å²) in [5.41, 5.74) is 3.20. The van der Waals surface area contributed by atoms with Gasteiger partial charge in [0.05, 0.1) is 6.54 Å². The Bertz CT molecular complexity index is 724. The first kappa shape index (κ1) is 16.5. The number of aryl methyl sites for hydroxylation is 1. The van der Waals surface area contributed by atoms with Crippen molar-refractivity contribution in [3.8, 4) is 0 Å². The van der Waals surface area contributed by atoms with Crippen LogP contribution in [0.5, 0.6) is 0 Å². The molecule has 8 nitrogen and oxygen atoms in total. The van der Waals surface area contributed by atoms with Crippen LogP contribution in [0, 0.1) is 6.92 Å². The van der Waals surface area contributed by atoms with E-state index in [0.29, 0.717) is 6.54 Å². The second-order valence-corrected chi connectivity index (χ2v) is 8.22. The van der Waals surface area contributed by atoms with Crippen LogP contribution in [0.1, 0.15) is 24.6 Å². The molecule has 1 atom stereocenters. The molecule has 2 N–H and O–H groups in total. The highest BCUT2D eigenvalue weighted by atomic mass is 32.2. The largest absolute Gasteiger partial charge is 0.328 e. The Labute approximate surface area is 128 Å². The second-order valence-electron chi connectivity index (χ2n) is 5.78. The molecule has 1 aromatic heterocycles. The highest BCUT2D eigenvalue weighted by Crippen LogP contribution is 2.25. The molecule has 9 heteroatoms. The average Bonchev–Trinajstić information content (AvgIpc) is 2.92. The number of sulfone groups is 1. The van der Waals surface area contributed by atoms with Gasteiger partial charge in [0, 0.05) is 24.7 Å². The second kappa shape index (κ2) is 5.40. The molecule has 0 fully saturated rings. The van der Waals surface area contributed by atoms with Crippen molar-refractivity contribution in [3.63, 3.8) is 0 Å². The maximum Gasteiger partial charge on any atom is 0.328 e. The summed E-state index contributed by atoms with van der Waals surface area (Å²) in [6.45, 7) is 3.58. The zero-order valence-corrected chi connectivity index (χ0v) is 13.5. The monoisotopic (exact) mass is 329 g/mol. The number of nitrogens with one attached hydrogen (secondary N) is 1. The van der Waals surface area contributed by atoms with Crippen LogP contribution in [0.2, 0.25) is 0 Å². The van der Waals surface area contributed by atoms with E-state index in [0.717, 1.165) is 17.5 Å². The molecule has 0 unspecified atom stereocenters. The van der Waals surface area contributed by atoms with Gasteiger partial charge in [-0.1, -0.05) is 0 Å². The van der Waals surface area contributed by atoms with Crippen molar-refractivity contribution in [2.75, 3.05) is 12.8 Å². The summed E-state index contributed by atoms with van der Waals surface area (Å²) in [4.78, 5) is 25.4. The molecule has 0 aromatic carbocycles. The highest BCUT2D eigenvalue weighted by Gasteiger charge is 2.44. The minimum Gasteiger partial charge on any atom is -0.318 e. The summed E-state index contributed by atoms with van der Waals surface area (Å²) >= 11 is 0. The predicted molar refractivity (Wildman–Crippen MR) is 78.2 cm³/mol. The summed E-state index contributed by atoms with van der Waals surface area (Å²) in [5, 5.41) is 8.77. The van der Waals surface area contributed by atoms with Crippen LogP contribution in [0.15, 0.2) is 12.3 Å². The lowest BCUT2D eigenvalue weighted by molar-refractivity contribution is -0.131. The Morgan fingerprint density at radius 1 is 1.50 bits per heavy atom. The minimum absolute atomic E-state index is 0.0938. The lowest BCUT2D eigenvalue weighted by Crippen LogP contribution is -2.50. The third-order valence-electron chi connectivity index (χ3n) is 4.12. The van der Waals surface area contributed by atoms with Gasteiger partial charge in [0.1, 0.15) is 0 Å². The number of rotatable bonds is 5. The van der Waals surface area contributed by atoms with Crippen molar-refractivity contribution >= 4 is 21.8 Å². The van der Waals surface area contributed by atoms with Gasteiger partial charge in [0.25, 0.3) is 5.91 Å². The van der Waals surface area contributed by atoms with Crippen LogP contribution >= 0.6 is 0 Å². The number of hydroxylamine groups is 1. The van der Waals surface area contributed by atoms with E-state index in [1.807, 2.05) is 13.0 Å². The molecular weight excluding hydrogens is 310 g/mol. The van der Waals surface area contributed by atoms with Crippen molar-refractivity contribution in [1.29, 1.82) is 0 Å². The molecule has 1 aromatic rings. The average molecular weight is 329 g/mol. The molecule has 0 saturated carbocycles. The molecule has 0 aliphatic carbocycles. The Morgan fingerprint density at radius 2 is 2.14 bits per heavy atom. The lowest BCUT2D eigenvalue weighted by Gasteiger charge is -2.27. The van der Waals surface area contributed by atoms with Gasteiger partial charge >= 0.3 is 6.03 Å². The molecule has 22 heavy (non-hydrogen) atoms. The summed E-state index contributed by atoms with van der Waals surface area (Å²) in [7, 11) is -3.76. The molecule has 2 rings (SSSR count). The summed E-state index contributed by atoms with van der Waals surface area (Å²) in [6.07, 6.45) is 2.54. The fourth-order valence-electron chi connectivity index (χ4n) is 2.48. The first-order valence-corrected chi connectivity index (χ1v) is 8.60. The van der Waals surface area contributed by atoms with E-state index in [4.69, 9.17) is 5.21 Å². The van der Waals surface area contributed by atoms with Gasteiger partial charge in [0.2, 0.25) is 0 Å². The maximum atomic E-state index is 12.2. The lowest BCUT2D eigenvalue weighted by atomic mass is 10.1. The zero-order chi connectivity index (χ0) is 16.7. The van der Waals surface area contributed by atoms with E-state index in [9.17, 15) is 18.0 Å². The smallest absolute Gasteiger partial charge is 0.318 e. The maximum absolute atomic E-state index is 12.2. The SMILES string of the molecule is Cc1cc2n(c1)C(=O)N(CC[C@](C)(C(=O)NO)S(C)(=O)=O)C2. The first-order chi connectivity index (χ1) is 10.1. The normalized spacial score (nSPS) is 17.3. The molecular formula is C13H19N3O5S. The van der Waals surface area contributed by atoms with E-state index < -0.39 is 20.5 Å². The minimum atomic E-state index is -3.76. The fraction of sp³-hybridized carbons (Fsp3) is 0.538. The van der Waals surface area contributed by atoms with Gasteiger partial charge in [-0.05, 0) is 31.9 Å². The molecule has 122 valence electrons. The Hall–Kier alpha value is -1.87. The van der Waals surface area contributed by atoms with Crippen LogP contribution in [0.4, 0.5) is 4.79 Å². The molecule has 0 bridgehead atoms. The predicted octanol–water partition coefficient (Wildman–Crippen LogP) is 0.279. The van der Waals surface area contributed by atoms with E-state index in [1.54, 1.807) is 6.20 Å². The molecule has 0 spiro atoms. The number of fused-ring (bicyclic) bond motifs is 1. The van der Waals surface area contributed by atoms with Gasteiger partial charge in [0.15, 0.2) is 14.6 Å². The molecule has 1 aliphatic rings. The molecule has 1 aliphatic heterocycles. The van der Waals surface area contributed by atoms with Gasteiger partial charge in [-0.3, -0.25) is 14.6 Å². The number of aromatic nitrogens is 1. The fourth-order valence-corrected chi connectivity index (χ4v) is 3.32. The number of carbonyl (C=O) groups excluding carboxylic acids is 2. The third kappa shape index (κ3) is 2.61. The van der Waals surface area contributed by atoms with E-state index in [-0.39, 0.29) is 19.0 Å².